The van der Waals surface area contributed by atoms with E-state index in [1.165, 1.54) is 24.8 Å². The third-order valence-corrected chi connectivity index (χ3v) is 3.81. The molecular weight excluding hydrogens is 234 g/mol. The van der Waals surface area contributed by atoms with Crippen LogP contribution in [0.15, 0.2) is 24.3 Å². The quantitative estimate of drug-likeness (QED) is 0.839. The lowest BCUT2D eigenvalue weighted by atomic mass is 9.77. The van der Waals surface area contributed by atoms with Gasteiger partial charge in [0.1, 0.15) is 0 Å². The van der Waals surface area contributed by atoms with Crippen molar-refractivity contribution < 1.29 is 4.74 Å². The maximum Gasteiger partial charge on any atom is 0.0724 e. The van der Waals surface area contributed by atoms with Crippen molar-refractivity contribution in [1.29, 1.82) is 0 Å². The summed E-state index contributed by atoms with van der Waals surface area (Å²) in [5.41, 5.74) is 1.33. The number of benzene rings is 1. The first-order valence-electron chi connectivity index (χ1n) is 6.27. The van der Waals surface area contributed by atoms with Gasteiger partial charge in [-0.05, 0) is 57.0 Å². The molecule has 0 amide bonds. The molecule has 0 atom stereocenters. The van der Waals surface area contributed by atoms with E-state index < -0.39 is 0 Å². The minimum atomic E-state index is 0.128. The monoisotopic (exact) mass is 253 g/mol. The first-order chi connectivity index (χ1) is 8.24. The van der Waals surface area contributed by atoms with Gasteiger partial charge in [0.2, 0.25) is 0 Å². The second kappa shape index (κ2) is 5.85. The van der Waals surface area contributed by atoms with Crippen LogP contribution in [0.1, 0.15) is 31.2 Å². The Morgan fingerprint density at radius 2 is 2.00 bits per heavy atom. The van der Waals surface area contributed by atoms with Crippen LogP contribution in [0.25, 0.3) is 0 Å². The van der Waals surface area contributed by atoms with E-state index in [0.29, 0.717) is 6.61 Å². The van der Waals surface area contributed by atoms with Gasteiger partial charge in [-0.3, -0.25) is 0 Å². The van der Waals surface area contributed by atoms with E-state index in [0.717, 1.165) is 18.0 Å². The first-order valence-corrected chi connectivity index (χ1v) is 6.65. The predicted molar refractivity (Wildman–Crippen MR) is 71.4 cm³/mol. The Kier molecular flexibility index (Phi) is 4.43. The molecule has 94 valence electrons. The molecule has 0 unspecified atom stereocenters. The molecule has 1 fully saturated rings. The second-order valence-corrected chi connectivity index (χ2v) is 5.24. The molecule has 1 aliphatic rings. The number of rotatable bonds is 6. The summed E-state index contributed by atoms with van der Waals surface area (Å²) in [7, 11) is 1.99. The molecule has 1 saturated carbocycles. The van der Waals surface area contributed by atoms with Crippen molar-refractivity contribution in [2.75, 3.05) is 13.6 Å². The summed E-state index contributed by atoms with van der Waals surface area (Å²) in [6.45, 7) is 1.72. The van der Waals surface area contributed by atoms with Crippen LogP contribution in [0.4, 0.5) is 0 Å². The lowest BCUT2D eigenvalue weighted by Gasteiger charge is -2.42. The zero-order chi connectivity index (χ0) is 12.1. The van der Waals surface area contributed by atoms with Crippen molar-refractivity contribution >= 4 is 11.6 Å². The molecule has 17 heavy (non-hydrogen) atoms. The largest absolute Gasteiger partial charge is 0.370 e. The summed E-state index contributed by atoms with van der Waals surface area (Å²) in [4.78, 5) is 0. The van der Waals surface area contributed by atoms with Gasteiger partial charge in [0.25, 0.3) is 0 Å². The fourth-order valence-corrected chi connectivity index (χ4v) is 2.33. The normalized spacial score (nSPS) is 17.8. The van der Waals surface area contributed by atoms with Crippen molar-refractivity contribution in [1.82, 2.24) is 5.32 Å². The average Bonchev–Trinajstić information content (AvgIpc) is 2.30. The van der Waals surface area contributed by atoms with Gasteiger partial charge in [0, 0.05) is 5.02 Å². The van der Waals surface area contributed by atoms with Gasteiger partial charge in [-0.1, -0.05) is 23.7 Å². The summed E-state index contributed by atoms with van der Waals surface area (Å²) in [5, 5.41) is 3.98. The molecule has 0 saturated heterocycles. The van der Waals surface area contributed by atoms with E-state index in [1.54, 1.807) is 0 Å². The highest BCUT2D eigenvalue weighted by atomic mass is 35.5. The summed E-state index contributed by atoms with van der Waals surface area (Å²) in [5.74, 6) is 0. The molecule has 1 aliphatic carbocycles. The van der Waals surface area contributed by atoms with E-state index in [1.807, 2.05) is 31.3 Å². The van der Waals surface area contributed by atoms with Gasteiger partial charge in [0.05, 0.1) is 12.2 Å². The maximum atomic E-state index is 6.11. The molecule has 0 radical (unpaired) electrons. The summed E-state index contributed by atoms with van der Waals surface area (Å²) >= 11 is 5.86. The lowest BCUT2D eigenvalue weighted by Crippen LogP contribution is -2.42. The molecule has 0 bridgehead atoms. The Bertz CT molecular complexity index is 346. The highest BCUT2D eigenvalue weighted by molar-refractivity contribution is 6.30. The van der Waals surface area contributed by atoms with E-state index in [-0.39, 0.29) is 5.60 Å². The van der Waals surface area contributed by atoms with Crippen LogP contribution in [0.3, 0.4) is 0 Å². The Balaban J connectivity index is 1.85. The Morgan fingerprint density at radius 3 is 2.53 bits per heavy atom. The molecule has 0 heterocycles. The Hall–Kier alpha value is -0.570. The third kappa shape index (κ3) is 3.44. The molecular formula is C14H20ClNO. The fourth-order valence-electron chi connectivity index (χ4n) is 2.21. The van der Waals surface area contributed by atoms with Crippen molar-refractivity contribution in [3.8, 4) is 0 Å². The van der Waals surface area contributed by atoms with Crippen molar-refractivity contribution in [2.24, 2.45) is 0 Å². The van der Waals surface area contributed by atoms with E-state index in [2.05, 4.69) is 5.32 Å². The maximum absolute atomic E-state index is 6.11. The zero-order valence-corrected chi connectivity index (χ0v) is 11.1. The van der Waals surface area contributed by atoms with Gasteiger partial charge >= 0.3 is 0 Å². The van der Waals surface area contributed by atoms with E-state index >= 15 is 0 Å². The smallest absolute Gasteiger partial charge is 0.0724 e. The van der Waals surface area contributed by atoms with Crippen LogP contribution in [0.5, 0.6) is 0 Å². The van der Waals surface area contributed by atoms with Crippen LogP contribution >= 0.6 is 11.6 Å². The molecule has 0 aromatic heterocycles. The molecule has 0 aliphatic heterocycles. The first kappa shape index (κ1) is 12.9. The summed E-state index contributed by atoms with van der Waals surface area (Å²) < 4.78 is 6.11. The molecule has 3 heteroatoms. The highest BCUT2D eigenvalue weighted by Gasteiger charge is 2.37. The summed E-state index contributed by atoms with van der Waals surface area (Å²) in [6.07, 6.45) is 4.80. The lowest BCUT2D eigenvalue weighted by molar-refractivity contribution is -0.113. The number of ether oxygens (including phenoxy) is 1. The van der Waals surface area contributed by atoms with Crippen LogP contribution in [-0.2, 0) is 11.3 Å². The number of hydrogen-bond donors (Lipinski definition) is 1. The van der Waals surface area contributed by atoms with E-state index in [4.69, 9.17) is 16.3 Å². The highest BCUT2D eigenvalue weighted by Crippen LogP contribution is 2.39. The average molecular weight is 254 g/mol. The summed E-state index contributed by atoms with van der Waals surface area (Å²) in [6, 6.07) is 7.90. The van der Waals surface area contributed by atoms with Gasteiger partial charge in [0.15, 0.2) is 0 Å². The minimum Gasteiger partial charge on any atom is -0.370 e. The number of nitrogens with one attached hydrogen (secondary N) is 1. The van der Waals surface area contributed by atoms with Gasteiger partial charge < -0.3 is 10.1 Å². The van der Waals surface area contributed by atoms with Gasteiger partial charge in [-0.15, -0.1) is 0 Å². The van der Waals surface area contributed by atoms with Crippen molar-refractivity contribution in [3.63, 3.8) is 0 Å². The topological polar surface area (TPSA) is 21.3 Å². The van der Waals surface area contributed by atoms with Crippen LogP contribution in [-0.4, -0.2) is 19.2 Å². The van der Waals surface area contributed by atoms with Crippen molar-refractivity contribution in [2.45, 2.75) is 37.9 Å². The number of halogens is 1. The van der Waals surface area contributed by atoms with Gasteiger partial charge in [-0.2, -0.15) is 0 Å². The second-order valence-electron chi connectivity index (χ2n) is 4.81. The Morgan fingerprint density at radius 1 is 1.29 bits per heavy atom. The van der Waals surface area contributed by atoms with Crippen LogP contribution in [0.2, 0.25) is 5.02 Å². The van der Waals surface area contributed by atoms with Crippen molar-refractivity contribution in [3.05, 3.63) is 34.9 Å². The zero-order valence-electron chi connectivity index (χ0n) is 10.3. The molecule has 1 aromatic carbocycles. The minimum absolute atomic E-state index is 0.128. The number of hydrogen-bond acceptors (Lipinski definition) is 2. The van der Waals surface area contributed by atoms with Crippen LogP contribution in [0, 0.1) is 0 Å². The predicted octanol–water partition coefficient (Wildman–Crippen LogP) is 3.39. The fraction of sp³-hybridized carbons (Fsp3) is 0.571. The van der Waals surface area contributed by atoms with E-state index in [9.17, 15) is 0 Å². The third-order valence-electron chi connectivity index (χ3n) is 3.55. The molecule has 2 nitrogen and oxygen atoms in total. The molecule has 1 aromatic rings. The standard InChI is InChI=1S/C14H20ClNO/c1-16-10-9-14(7-2-8-14)17-11-12-3-5-13(15)6-4-12/h3-6,16H,2,7-11H2,1H3. The van der Waals surface area contributed by atoms with Crippen LogP contribution < -0.4 is 5.32 Å². The molecule has 1 N–H and O–H groups in total. The van der Waals surface area contributed by atoms with Gasteiger partial charge in [-0.25, -0.2) is 0 Å². The Labute approximate surface area is 108 Å². The molecule has 0 spiro atoms. The molecule has 2 rings (SSSR count). The SMILES string of the molecule is CNCCC1(OCc2ccc(Cl)cc2)CCC1.